The molecule has 1 atom stereocenters. The van der Waals surface area contributed by atoms with E-state index in [0.29, 0.717) is 12.5 Å². The average molecular weight is 249 g/mol. The molecule has 18 heavy (non-hydrogen) atoms. The highest BCUT2D eigenvalue weighted by Gasteiger charge is 2.18. The molecule has 1 aliphatic heterocycles. The van der Waals surface area contributed by atoms with Crippen molar-refractivity contribution in [3.05, 3.63) is 23.8 Å². The number of hydrogen-bond acceptors (Lipinski definition) is 3. The summed E-state index contributed by atoms with van der Waals surface area (Å²) in [4.78, 5) is 0. The standard InChI is InChI=1S/C15H23NO2/c1-3-18-15-8-4-7-14(17-2)13(15)10-12-6-5-9-16-11-12/h4,7-8,12,16H,3,5-6,9-11H2,1-2H3. The van der Waals surface area contributed by atoms with Gasteiger partial charge in [-0.05, 0) is 57.3 Å². The van der Waals surface area contributed by atoms with Gasteiger partial charge in [-0.2, -0.15) is 0 Å². The Kier molecular flexibility index (Phi) is 4.88. The molecule has 1 unspecified atom stereocenters. The lowest BCUT2D eigenvalue weighted by Gasteiger charge is -2.24. The number of piperidine rings is 1. The van der Waals surface area contributed by atoms with Crippen molar-refractivity contribution < 1.29 is 9.47 Å². The minimum Gasteiger partial charge on any atom is -0.496 e. The van der Waals surface area contributed by atoms with Gasteiger partial charge in [-0.3, -0.25) is 0 Å². The Hall–Kier alpha value is -1.22. The molecule has 1 aromatic rings. The fourth-order valence-corrected chi connectivity index (χ4v) is 2.62. The maximum absolute atomic E-state index is 5.72. The molecule has 0 spiro atoms. The molecule has 0 saturated carbocycles. The first kappa shape index (κ1) is 13.2. The summed E-state index contributed by atoms with van der Waals surface area (Å²) < 4.78 is 11.2. The quantitative estimate of drug-likeness (QED) is 0.870. The van der Waals surface area contributed by atoms with E-state index in [1.54, 1.807) is 7.11 Å². The predicted molar refractivity (Wildman–Crippen MR) is 73.5 cm³/mol. The lowest BCUT2D eigenvalue weighted by molar-refractivity contribution is 0.319. The Morgan fingerprint density at radius 3 is 2.83 bits per heavy atom. The summed E-state index contributed by atoms with van der Waals surface area (Å²) in [5, 5.41) is 3.46. The number of benzene rings is 1. The van der Waals surface area contributed by atoms with E-state index in [1.165, 1.54) is 18.4 Å². The van der Waals surface area contributed by atoms with Crippen LogP contribution in [-0.2, 0) is 6.42 Å². The summed E-state index contributed by atoms with van der Waals surface area (Å²) in [5.41, 5.74) is 1.22. The van der Waals surface area contributed by atoms with Crippen LogP contribution in [0.5, 0.6) is 11.5 Å². The van der Waals surface area contributed by atoms with Crippen molar-refractivity contribution in [2.45, 2.75) is 26.2 Å². The molecule has 1 N–H and O–H groups in total. The molecule has 0 aliphatic carbocycles. The largest absolute Gasteiger partial charge is 0.496 e. The van der Waals surface area contributed by atoms with Crippen molar-refractivity contribution >= 4 is 0 Å². The van der Waals surface area contributed by atoms with Gasteiger partial charge < -0.3 is 14.8 Å². The van der Waals surface area contributed by atoms with Crippen LogP contribution in [0, 0.1) is 5.92 Å². The molecule has 1 saturated heterocycles. The Morgan fingerprint density at radius 1 is 1.33 bits per heavy atom. The molecule has 1 aliphatic rings. The Labute approximate surface area is 109 Å². The van der Waals surface area contributed by atoms with Crippen molar-refractivity contribution in [1.29, 1.82) is 0 Å². The van der Waals surface area contributed by atoms with E-state index in [1.807, 2.05) is 25.1 Å². The van der Waals surface area contributed by atoms with Crippen LogP contribution in [0.4, 0.5) is 0 Å². The molecule has 3 nitrogen and oxygen atoms in total. The van der Waals surface area contributed by atoms with Crippen LogP contribution in [-0.4, -0.2) is 26.8 Å². The number of rotatable bonds is 5. The lowest BCUT2D eigenvalue weighted by atomic mass is 9.91. The first-order chi connectivity index (χ1) is 8.85. The van der Waals surface area contributed by atoms with E-state index in [-0.39, 0.29) is 0 Å². The third-order valence-electron chi connectivity index (χ3n) is 3.50. The van der Waals surface area contributed by atoms with E-state index in [9.17, 15) is 0 Å². The van der Waals surface area contributed by atoms with Crippen LogP contribution >= 0.6 is 0 Å². The van der Waals surface area contributed by atoms with Gasteiger partial charge in [0, 0.05) is 5.56 Å². The maximum Gasteiger partial charge on any atom is 0.126 e. The zero-order valence-electron chi connectivity index (χ0n) is 11.4. The van der Waals surface area contributed by atoms with Gasteiger partial charge in [-0.1, -0.05) is 6.07 Å². The minimum atomic E-state index is 0.689. The van der Waals surface area contributed by atoms with Crippen LogP contribution in [0.25, 0.3) is 0 Å². The van der Waals surface area contributed by atoms with Crippen LogP contribution in [0.15, 0.2) is 18.2 Å². The molecule has 100 valence electrons. The molecular weight excluding hydrogens is 226 g/mol. The summed E-state index contributed by atoms with van der Waals surface area (Å²) in [7, 11) is 1.73. The number of nitrogens with one attached hydrogen (secondary N) is 1. The van der Waals surface area contributed by atoms with Crippen LogP contribution < -0.4 is 14.8 Å². The van der Waals surface area contributed by atoms with Gasteiger partial charge in [0.05, 0.1) is 13.7 Å². The Morgan fingerprint density at radius 2 is 2.17 bits per heavy atom. The van der Waals surface area contributed by atoms with E-state index < -0.39 is 0 Å². The zero-order valence-corrected chi connectivity index (χ0v) is 11.4. The molecule has 1 heterocycles. The van der Waals surface area contributed by atoms with Gasteiger partial charge in [-0.25, -0.2) is 0 Å². The molecule has 0 aromatic heterocycles. The number of hydrogen-bond donors (Lipinski definition) is 1. The molecule has 1 aromatic carbocycles. The first-order valence-electron chi connectivity index (χ1n) is 6.84. The molecule has 2 rings (SSSR count). The Balaban J connectivity index is 2.16. The van der Waals surface area contributed by atoms with E-state index in [2.05, 4.69) is 5.32 Å². The van der Waals surface area contributed by atoms with E-state index in [0.717, 1.165) is 31.0 Å². The summed E-state index contributed by atoms with van der Waals surface area (Å²) in [5.74, 6) is 2.61. The van der Waals surface area contributed by atoms with E-state index >= 15 is 0 Å². The minimum absolute atomic E-state index is 0.689. The lowest BCUT2D eigenvalue weighted by Crippen LogP contribution is -2.31. The SMILES string of the molecule is CCOc1cccc(OC)c1CC1CCCNC1. The van der Waals surface area contributed by atoms with Crippen molar-refractivity contribution in [2.24, 2.45) is 5.92 Å². The molecule has 0 amide bonds. The second-order valence-electron chi connectivity index (χ2n) is 4.79. The number of methoxy groups -OCH3 is 1. The molecule has 3 heteroatoms. The van der Waals surface area contributed by atoms with E-state index in [4.69, 9.17) is 9.47 Å². The van der Waals surface area contributed by atoms with Crippen molar-refractivity contribution in [2.75, 3.05) is 26.8 Å². The second-order valence-corrected chi connectivity index (χ2v) is 4.79. The predicted octanol–water partition coefficient (Wildman–Crippen LogP) is 2.64. The number of ether oxygens (including phenoxy) is 2. The van der Waals surface area contributed by atoms with Crippen LogP contribution in [0.3, 0.4) is 0 Å². The normalized spacial score (nSPS) is 19.6. The van der Waals surface area contributed by atoms with Crippen LogP contribution in [0.2, 0.25) is 0 Å². The monoisotopic (exact) mass is 249 g/mol. The van der Waals surface area contributed by atoms with Crippen molar-refractivity contribution in [3.8, 4) is 11.5 Å². The highest BCUT2D eigenvalue weighted by molar-refractivity contribution is 5.45. The fourth-order valence-electron chi connectivity index (χ4n) is 2.62. The molecule has 0 radical (unpaired) electrons. The second kappa shape index (κ2) is 6.64. The average Bonchev–Trinajstić information content (AvgIpc) is 2.42. The summed E-state index contributed by atoms with van der Waals surface area (Å²) in [6.45, 7) is 4.97. The zero-order chi connectivity index (χ0) is 12.8. The van der Waals surface area contributed by atoms with Gasteiger partial charge in [0.15, 0.2) is 0 Å². The summed E-state index contributed by atoms with van der Waals surface area (Å²) in [6.07, 6.45) is 3.59. The van der Waals surface area contributed by atoms with Gasteiger partial charge in [0.1, 0.15) is 11.5 Å². The third-order valence-corrected chi connectivity index (χ3v) is 3.50. The maximum atomic E-state index is 5.72. The van der Waals surface area contributed by atoms with Gasteiger partial charge in [-0.15, -0.1) is 0 Å². The van der Waals surface area contributed by atoms with Gasteiger partial charge in [0.2, 0.25) is 0 Å². The van der Waals surface area contributed by atoms with Crippen molar-refractivity contribution in [3.63, 3.8) is 0 Å². The highest BCUT2D eigenvalue weighted by atomic mass is 16.5. The smallest absolute Gasteiger partial charge is 0.126 e. The summed E-state index contributed by atoms with van der Waals surface area (Å²) >= 11 is 0. The molecular formula is C15H23NO2. The molecule has 1 fully saturated rings. The summed E-state index contributed by atoms with van der Waals surface area (Å²) in [6, 6.07) is 6.05. The Bertz CT molecular complexity index is 373. The first-order valence-corrected chi connectivity index (χ1v) is 6.84. The third kappa shape index (κ3) is 3.16. The fraction of sp³-hybridized carbons (Fsp3) is 0.600. The van der Waals surface area contributed by atoms with Crippen LogP contribution in [0.1, 0.15) is 25.3 Å². The molecule has 0 bridgehead atoms. The van der Waals surface area contributed by atoms with Gasteiger partial charge in [0.25, 0.3) is 0 Å². The van der Waals surface area contributed by atoms with Crippen molar-refractivity contribution in [1.82, 2.24) is 5.32 Å². The topological polar surface area (TPSA) is 30.5 Å². The van der Waals surface area contributed by atoms with Gasteiger partial charge >= 0.3 is 0 Å². The highest BCUT2D eigenvalue weighted by Crippen LogP contribution is 2.32.